The molecule has 0 fully saturated rings. The highest BCUT2D eigenvalue weighted by molar-refractivity contribution is 5.45. The number of hydrogen-bond donors (Lipinski definition) is 2. The molecule has 2 aromatic carbocycles. The van der Waals surface area contributed by atoms with Gasteiger partial charge >= 0.3 is 0 Å². The first-order chi connectivity index (χ1) is 8.15. The van der Waals surface area contributed by atoms with Gasteiger partial charge in [0.05, 0.1) is 5.69 Å². The Morgan fingerprint density at radius 2 is 1.82 bits per heavy atom. The van der Waals surface area contributed by atoms with Crippen molar-refractivity contribution in [2.24, 2.45) is 0 Å². The van der Waals surface area contributed by atoms with Crippen LogP contribution in [0.5, 0.6) is 5.75 Å². The van der Waals surface area contributed by atoms with Crippen molar-refractivity contribution in [2.45, 2.75) is 6.54 Å². The number of halogens is 2. The molecule has 0 unspecified atom stereocenters. The summed E-state index contributed by atoms with van der Waals surface area (Å²) in [5, 5.41) is 12.0. The van der Waals surface area contributed by atoms with Gasteiger partial charge in [-0.25, -0.2) is 8.78 Å². The maximum absolute atomic E-state index is 13.3. The van der Waals surface area contributed by atoms with E-state index in [0.717, 1.165) is 6.07 Å². The minimum absolute atomic E-state index is 0.143. The number of benzene rings is 2. The topological polar surface area (TPSA) is 32.3 Å². The van der Waals surface area contributed by atoms with Gasteiger partial charge in [0, 0.05) is 12.6 Å². The Balaban J connectivity index is 2.10. The first kappa shape index (κ1) is 11.4. The van der Waals surface area contributed by atoms with E-state index < -0.39 is 5.82 Å². The maximum Gasteiger partial charge on any atom is 0.146 e. The summed E-state index contributed by atoms with van der Waals surface area (Å²) in [5.41, 5.74) is 0.891. The number of hydrogen-bond acceptors (Lipinski definition) is 2. The van der Waals surface area contributed by atoms with Crippen molar-refractivity contribution >= 4 is 5.69 Å². The Labute approximate surface area is 97.5 Å². The van der Waals surface area contributed by atoms with Gasteiger partial charge in [-0.15, -0.1) is 0 Å². The zero-order valence-corrected chi connectivity index (χ0v) is 8.95. The third kappa shape index (κ3) is 2.93. The van der Waals surface area contributed by atoms with Gasteiger partial charge in [0.2, 0.25) is 0 Å². The lowest BCUT2D eigenvalue weighted by Crippen LogP contribution is -2.01. The zero-order valence-electron chi connectivity index (χ0n) is 8.95. The molecule has 4 heteroatoms. The molecule has 0 amide bonds. The van der Waals surface area contributed by atoms with Crippen LogP contribution in [-0.2, 0) is 6.54 Å². The van der Waals surface area contributed by atoms with Gasteiger partial charge in [-0.1, -0.05) is 12.1 Å². The van der Waals surface area contributed by atoms with Crippen molar-refractivity contribution in [3.8, 4) is 5.75 Å². The summed E-state index contributed by atoms with van der Waals surface area (Å²) in [6.07, 6.45) is 0. The van der Waals surface area contributed by atoms with Crippen molar-refractivity contribution in [1.29, 1.82) is 0 Å². The largest absolute Gasteiger partial charge is 0.508 e. The summed E-state index contributed by atoms with van der Waals surface area (Å²) >= 11 is 0. The van der Waals surface area contributed by atoms with Gasteiger partial charge in [0.1, 0.15) is 17.4 Å². The number of phenols is 1. The SMILES string of the molecule is Oc1cc(F)cc(CNc2ccccc2F)c1. The lowest BCUT2D eigenvalue weighted by Gasteiger charge is -2.07. The van der Waals surface area contributed by atoms with E-state index in [9.17, 15) is 13.9 Å². The molecule has 0 radical (unpaired) electrons. The number of phenolic OH excluding ortho intramolecular Hbond substituents is 1. The van der Waals surface area contributed by atoms with Gasteiger partial charge in [-0.2, -0.15) is 0 Å². The Morgan fingerprint density at radius 3 is 2.53 bits per heavy atom. The normalized spacial score (nSPS) is 10.2. The second kappa shape index (κ2) is 4.82. The summed E-state index contributed by atoms with van der Waals surface area (Å²) < 4.78 is 26.2. The van der Waals surface area contributed by atoms with Crippen LogP contribution in [0.1, 0.15) is 5.56 Å². The number of aromatic hydroxyl groups is 1. The molecule has 0 saturated heterocycles. The summed E-state index contributed by atoms with van der Waals surface area (Å²) in [6, 6.07) is 9.96. The van der Waals surface area contributed by atoms with Crippen LogP contribution < -0.4 is 5.32 Å². The van der Waals surface area contributed by atoms with Crippen LogP contribution in [0.3, 0.4) is 0 Å². The van der Waals surface area contributed by atoms with Gasteiger partial charge in [-0.3, -0.25) is 0 Å². The fourth-order valence-corrected chi connectivity index (χ4v) is 1.54. The van der Waals surface area contributed by atoms with Crippen LogP contribution in [0.4, 0.5) is 14.5 Å². The molecule has 0 atom stereocenters. The molecule has 0 spiro atoms. The zero-order chi connectivity index (χ0) is 12.3. The lowest BCUT2D eigenvalue weighted by molar-refractivity contribution is 0.468. The Hall–Kier alpha value is -2.10. The van der Waals surface area contributed by atoms with Crippen molar-refractivity contribution in [3.63, 3.8) is 0 Å². The van der Waals surface area contributed by atoms with Crippen molar-refractivity contribution < 1.29 is 13.9 Å². The first-order valence-electron chi connectivity index (χ1n) is 5.12. The summed E-state index contributed by atoms with van der Waals surface area (Å²) in [7, 11) is 0. The average Bonchev–Trinajstić information content (AvgIpc) is 2.27. The molecule has 0 aliphatic carbocycles. The second-order valence-corrected chi connectivity index (χ2v) is 3.65. The molecule has 0 aromatic heterocycles. The van der Waals surface area contributed by atoms with E-state index in [0.29, 0.717) is 11.3 Å². The average molecular weight is 235 g/mol. The van der Waals surface area contributed by atoms with Gasteiger partial charge < -0.3 is 10.4 Å². The van der Waals surface area contributed by atoms with Crippen LogP contribution in [0.2, 0.25) is 0 Å². The molecular formula is C13H11F2NO. The van der Waals surface area contributed by atoms with Crippen LogP contribution in [0.25, 0.3) is 0 Å². The van der Waals surface area contributed by atoms with Crippen molar-refractivity contribution in [1.82, 2.24) is 0 Å². The van der Waals surface area contributed by atoms with E-state index in [1.54, 1.807) is 18.2 Å². The van der Waals surface area contributed by atoms with E-state index in [2.05, 4.69) is 5.32 Å². The van der Waals surface area contributed by atoms with E-state index >= 15 is 0 Å². The number of rotatable bonds is 3. The summed E-state index contributed by atoms with van der Waals surface area (Å²) in [4.78, 5) is 0. The monoisotopic (exact) mass is 235 g/mol. The Kier molecular flexibility index (Phi) is 3.23. The second-order valence-electron chi connectivity index (χ2n) is 3.65. The third-order valence-corrected chi connectivity index (χ3v) is 2.30. The smallest absolute Gasteiger partial charge is 0.146 e. The fraction of sp³-hybridized carbons (Fsp3) is 0.0769. The van der Waals surface area contributed by atoms with E-state index in [-0.39, 0.29) is 18.1 Å². The predicted octanol–water partition coefficient (Wildman–Crippen LogP) is 3.28. The van der Waals surface area contributed by atoms with E-state index in [1.807, 2.05) is 0 Å². The number of anilines is 1. The summed E-state index contributed by atoms with van der Waals surface area (Å²) in [6.45, 7) is 0.242. The molecule has 0 aliphatic rings. The number of para-hydroxylation sites is 1. The Bertz CT molecular complexity index is 508. The molecule has 0 bridgehead atoms. The Morgan fingerprint density at radius 1 is 1.06 bits per heavy atom. The lowest BCUT2D eigenvalue weighted by atomic mass is 10.2. The summed E-state index contributed by atoms with van der Waals surface area (Å²) in [5.74, 6) is -1.03. The van der Waals surface area contributed by atoms with Crippen molar-refractivity contribution in [3.05, 3.63) is 59.7 Å². The molecule has 88 valence electrons. The standard InChI is InChI=1S/C13H11F2NO/c14-10-5-9(6-11(17)7-10)8-16-13-4-2-1-3-12(13)15/h1-7,16-17H,8H2. The maximum atomic E-state index is 13.3. The molecule has 0 heterocycles. The van der Waals surface area contributed by atoms with Crippen LogP contribution in [0, 0.1) is 11.6 Å². The molecule has 0 aliphatic heterocycles. The molecular weight excluding hydrogens is 224 g/mol. The van der Waals surface area contributed by atoms with E-state index in [1.165, 1.54) is 18.2 Å². The third-order valence-electron chi connectivity index (χ3n) is 2.30. The number of nitrogens with one attached hydrogen (secondary N) is 1. The highest BCUT2D eigenvalue weighted by Crippen LogP contribution is 2.17. The molecule has 2 rings (SSSR count). The van der Waals surface area contributed by atoms with Gasteiger partial charge in [0.15, 0.2) is 0 Å². The minimum Gasteiger partial charge on any atom is -0.508 e. The molecule has 2 N–H and O–H groups in total. The quantitative estimate of drug-likeness (QED) is 0.855. The molecule has 2 aromatic rings. The highest BCUT2D eigenvalue weighted by atomic mass is 19.1. The molecule has 0 saturated carbocycles. The van der Waals surface area contributed by atoms with Gasteiger partial charge in [0.25, 0.3) is 0 Å². The highest BCUT2D eigenvalue weighted by Gasteiger charge is 2.02. The van der Waals surface area contributed by atoms with Gasteiger partial charge in [-0.05, 0) is 29.8 Å². The molecule has 17 heavy (non-hydrogen) atoms. The van der Waals surface area contributed by atoms with Crippen LogP contribution in [-0.4, -0.2) is 5.11 Å². The van der Waals surface area contributed by atoms with Crippen LogP contribution >= 0.6 is 0 Å². The minimum atomic E-state index is -0.518. The first-order valence-corrected chi connectivity index (χ1v) is 5.12. The van der Waals surface area contributed by atoms with Crippen molar-refractivity contribution in [2.75, 3.05) is 5.32 Å². The molecule has 2 nitrogen and oxygen atoms in total. The van der Waals surface area contributed by atoms with E-state index in [4.69, 9.17) is 0 Å². The predicted molar refractivity (Wildman–Crippen MR) is 61.8 cm³/mol. The fourth-order valence-electron chi connectivity index (χ4n) is 1.54. The van der Waals surface area contributed by atoms with Crippen LogP contribution in [0.15, 0.2) is 42.5 Å².